The number of hydrogen-bond acceptors (Lipinski definition) is 1. The van der Waals surface area contributed by atoms with Crippen molar-refractivity contribution in [3.63, 3.8) is 0 Å². The van der Waals surface area contributed by atoms with Crippen LogP contribution in [0.4, 0.5) is 39.5 Å². The van der Waals surface area contributed by atoms with Crippen molar-refractivity contribution in [2.75, 3.05) is 0 Å². The first-order chi connectivity index (χ1) is 5.75. The summed E-state index contributed by atoms with van der Waals surface area (Å²) in [5, 5.41) is 0. The Kier molecular flexibility index (Phi) is 7.25. The van der Waals surface area contributed by atoms with Crippen molar-refractivity contribution in [2.45, 2.75) is 17.4 Å². The van der Waals surface area contributed by atoms with Crippen LogP contribution in [0.25, 0.3) is 0 Å². The van der Waals surface area contributed by atoms with Crippen molar-refractivity contribution in [1.82, 2.24) is 0 Å². The van der Waals surface area contributed by atoms with Gasteiger partial charge < -0.3 is 10.3 Å². The van der Waals surface area contributed by atoms with Crippen LogP contribution in [0, 0.1) is 0 Å². The Bertz CT molecular complexity index is 182. The maximum atomic E-state index is 11.5. The molecule has 0 aromatic heterocycles. The summed E-state index contributed by atoms with van der Waals surface area (Å²) in [7, 11) is -8.35. The summed E-state index contributed by atoms with van der Waals surface area (Å²) in [5.41, 5.74) is 0. The topological polar surface area (TPSA) is 51.7 Å². The molecule has 2 nitrogen and oxygen atoms in total. The number of alkyl halides is 9. The fraction of sp³-hybridized carbons (Fsp3) is 1.00. The monoisotopic (exact) mass is 360 g/mol. The predicted molar refractivity (Wildman–Crippen MR) is 29.8 cm³/mol. The molecule has 13 heteroatoms. The molecule has 0 radical (unpaired) electrons. The van der Waals surface area contributed by atoms with E-state index in [1.165, 1.54) is 0 Å². The van der Waals surface area contributed by atoms with Gasteiger partial charge in [-0.05, 0) is 0 Å². The largest absolute Gasteiger partial charge is 0.545 e. The molecule has 0 heterocycles. The average Bonchev–Trinajstić information content (AvgIpc) is 1.77. The van der Waals surface area contributed by atoms with Gasteiger partial charge in [0.25, 0.3) is 0 Å². The molecule has 0 amide bonds. The Labute approximate surface area is 102 Å². The summed E-state index contributed by atoms with van der Waals surface area (Å²) in [6.45, 7) is 0. The number of rotatable bonds is 0. The van der Waals surface area contributed by atoms with Crippen molar-refractivity contribution in [2.24, 2.45) is 0 Å². The van der Waals surface area contributed by atoms with Gasteiger partial charge in [-0.15, -0.1) is 0 Å². The van der Waals surface area contributed by atoms with Gasteiger partial charge >= 0.3 is 25.7 Å². The van der Waals surface area contributed by atoms with E-state index in [9.17, 15) is 39.5 Å². The third kappa shape index (κ3) is 3.44. The molecule has 3 N–H and O–H groups in total. The minimum atomic E-state index is -8.35. The molecule has 0 aliphatic heterocycles. The molecule has 0 aliphatic rings. The van der Waals surface area contributed by atoms with Crippen LogP contribution in [-0.4, -0.2) is 36.0 Å². The Morgan fingerprint density at radius 2 is 0.750 bits per heavy atom. The first kappa shape index (κ1) is 21.7. The van der Waals surface area contributed by atoms with E-state index in [0.29, 0.717) is 0 Å². The Hall–Kier alpha value is 0.390. The summed E-state index contributed by atoms with van der Waals surface area (Å²) >= 11 is 0. The summed E-state index contributed by atoms with van der Waals surface area (Å²) in [4.78, 5) is 7.78. The van der Waals surface area contributed by atoms with E-state index in [4.69, 9.17) is 4.80 Å². The van der Waals surface area contributed by atoms with Gasteiger partial charge in [0.15, 0.2) is 0 Å². The van der Waals surface area contributed by atoms with Gasteiger partial charge in [0.05, 0.1) is 0 Å². The fourth-order valence-electron chi connectivity index (χ4n) is 0.482. The van der Waals surface area contributed by atoms with Crippen LogP contribution < -0.4 is 0 Å². The molecule has 0 saturated carbocycles. The molecule has 16 heavy (non-hydrogen) atoms. The molecule has 0 bridgehead atoms. The molecule has 0 aromatic carbocycles. The third-order valence-corrected chi connectivity index (χ3v) is 3.69. The van der Waals surface area contributed by atoms with Crippen LogP contribution in [0.2, 0.25) is 0 Å². The molecule has 0 unspecified atom stereocenters. The molecule has 0 atom stereocenters. The maximum Gasteiger partial charge on any atom is 0.545 e. The van der Waals surface area contributed by atoms with E-state index in [2.05, 4.69) is 0 Å². The Morgan fingerprint density at radius 1 is 0.625 bits per heavy atom. The molecule has 0 saturated heterocycles. The third-order valence-electron chi connectivity index (χ3n) is 1.23. The second-order valence-corrected chi connectivity index (χ2v) is 5.33. The van der Waals surface area contributed by atoms with Gasteiger partial charge in [0.2, 0.25) is 0 Å². The minimum absolute atomic E-state index is 0. The van der Waals surface area contributed by atoms with Crippen LogP contribution in [0.1, 0.15) is 0 Å². The van der Waals surface area contributed by atoms with E-state index in [1.54, 1.807) is 0 Å². The van der Waals surface area contributed by atoms with Crippen LogP contribution in [0.3, 0.4) is 0 Å². The second-order valence-electron chi connectivity index (χ2n) is 2.20. The average molecular weight is 361 g/mol. The zero-order valence-corrected chi connectivity index (χ0v) is 10.3. The standard InChI is InChI=1S/C3HF9OSi.H2O.Zr/c4-1(5,6)14(13,2(7,8)9)3(10,11)12;;/h13H;1H2;. The number of hydrogen-bond donors (Lipinski definition) is 1. The van der Waals surface area contributed by atoms with Gasteiger partial charge in [-0.3, -0.25) is 0 Å². The summed E-state index contributed by atoms with van der Waals surface area (Å²) in [6.07, 6.45) is 0. The fourth-order valence-corrected chi connectivity index (χ4v) is 1.45. The molecular weight excluding hydrogens is 358 g/mol. The van der Waals surface area contributed by atoms with Gasteiger partial charge in [-0.1, -0.05) is 0 Å². The van der Waals surface area contributed by atoms with E-state index in [0.717, 1.165) is 0 Å². The summed E-state index contributed by atoms with van der Waals surface area (Å²) in [6, 6.07) is 0. The molecular formula is C3H3F9O2SiZr. The smallest absolute Gasteiger partial charge is 0.413 e. The molecule has 0 aromatic rings. The van der Waals surface area contributed by atoms with Gasteiger partial charge in [0, 0.05) is 26.2 Å². The summed E-state index contributed by atoms with van der Waals surface area (Å²) < 4.78 is 103. The molecule has 0 rings (SSSR count). The van der Waals surface area contributed by atoms with Crippen molar-refractivity contribution in [3.8, 4) is 0 Å². The van der Waals surface area contributed by atoms with Crippen molar-refractivity contribution >= 4 is 8.32 Å². The van der Waals surface area contributed by atoms with Crippen molar-refractivity contribution in [3.05, 3.63) is 0 Å². The molecule has 0 spiro atoms. The zero-order valence-electron chi connectivity index (χ0n) is 6.85. The first-order valence-corrected chi connectivity index (χ1v) is 4.62. The van der Waals surface area contributed by atoms with E-state index >= 15 is 0 Å². The maximum absolute atomic E-state index is 11.5. The van der Waals surface area contributed by atoms with Crippen molar-refractivity contribution in [1.29, 1.82) is 0 Å². The minimum Gasteiger partial charge on any atom is -0.413 e. The van der Waals surface area contributed by atoms with Crippen LogP contribution >= 0.6 is 0 Å². The van der Waals surface area contributed by atoms with E-state index in [-0.39, 0.29) is 31.7 Å². The zero-order chi connectivity index (χ0) is 12.0. The van der Waals surface area contributed by atoms with Gasteiger partial charge in [-0.2, -0.15) is 39.5 Å². The Balaban J connectivity index is -0.000000845. The van der Waals surface area contributed by atoms with Crippen LogP contribution in [0.15, 0.2) is 0 Å². The van der Waals surface area contributed by atoms with E-state index in [1.807, 2.05) is 0 Å². The van der Waals surface area contributed by atoms with E-state index < -0.39 is 25.7 Å². The summed E-state index contributed by atoms with van der Waals surface area (Å²) in [5.74, 6) is -20.2. The normalized spacial score (nSPS) is 13.9. The molecule has 0 fully saturated rings. The predicted octanol–water partition coefficient (Wildman–Crippen LogP) is 1.40. The molecule has 0 aliphatic carbocycles. The van der Waals surface area contributed by atoms with Crippen LogP contribution in [-0.2, 0) is 26.2 Å². The SMILES string of the molecule is O.O[Si](C(F)(F)F)(C(F)(F)F)C(F)(F)F.[Zr]. The first-order valence-electron chi connectivity index (χ1n) is 2.67. The number of halogens is 9. The Morgan fingerprint density at radius 3 is 0.750 bits per heavy atom. The van der Waals surface area contributed by atoms with Gasteiger partial charge in [0.1, 0.15) is 0 Å². The quantitative estimate of drug-likeness (QED) is 0.515. The van der Waals surface area contributed by atoms with Crippen LogP contribution in [0.5, 0.6) is 0 Å². The second kappa shape index (κ2) is 5.36. The van der Waals surface area contributed by atoms with Crippen molar-refractivity contribution < 1.29 is 76.0 Å². The van der Waals surface area contributed by atoms with Gasteiger partial charge in [-0.25, -0.2) is 0 Å². The molecule has 98 valence electrons.